The summed E-state index contributed by atoms with van der Waals surface area (Å²) in [4.78, 5) is 24.3. The predicted octanol–water partition coefficient (Wildman–Crippen LogP) is 11.1. The number of ketones is 1. The highest BCUT2D eigenvalue weighted by molar-refractivity contribution is 6.04. The van der Waals surface area contributed by atoms with Crippen molar-refractivity contribution in [1.82, 2.24) is 4.90 Å². The van der Waals surface area contributed by atoms with Crippen LogP contribution in [0.25, 0.3) is 0 Å². The van der Waals surface area contributed by atoms with Crippen LogP contribution in [0.15, 0.2) is 12.2 Å². The lowest BCUT2D eigenvalue weighted by atomic mass is 10.0. The van der Waals surface area contributed by atoms with Gasteiger partial charge in [-0.1, -0.05) is 174 Å². The molecule has 0 heterocycles. The zero-order chi connectivity index (χ0) is 35.2. The van der Waals surface area contributed by atoms with Gasteiger partial charge in [-0.15, -0.1) is 0 Å². The standard InChI is InChI=1S/C22H41N3O3.C18H39N/c1-3-4-5-6-7-8-9-10-11-12-13-14-15-16-17-18-19(26)20(21(27)28)25(2)22(23)24;1-2-3-4-5-6-7-8-9-10-11-12-13-14-15-16-17-18-19/h10-11,20H,3-9,12-18H2,1-2H3,(H3,23,24)(H,27,28);2-19H2,1H3/b11-10-;. The molecule has 47 heavy (non-hydrogen) atoms. The third-order valence-corrected chi connectivity index (χ3v) is 9.05. The molecule has 0 aromatic heterocycles. The number of guanidine groups is 1. The summed E-state index contributed by atoms with van der Waals surface area (Å²) in [5.41, 5.74) is 10.8. The van der Waals surface area contributed by atoms with E-state index in [0.29, 0.717) is 6.42 Å². The highest BCUT2D eigenvalue weighted by Gasteiger charge is 2.30. The van der Waals surface area contributed by atoms with Gasteiger partial charge in [0, 0.05) is 13.5 Å². The fourth-order valence-electron chi connectivity index (χ4n) is 5.86. The fourth-order valence-corrected chi connectivity index (χ4v) is 5.86. The van der Waals surface area contributed by atoms with Crippen molar-refractivity contribution in [3.05, 3.63) is 12.2 Å². The molecule has 1 atom stereocenters. The Labute approximate surface area is 292 Å². The van der Waals surface area contributed by atoms with Crippen molar-refractivity contribution in [2.75, 3.05) is 13.6 Å². The second-order valence-electron chi connectivity index (χ2n) is 13.6. The number of nitrogens with one attached hydrogen (secondary N) is 1. The minimum atomic E-state index is -1.35. The van der Waals surface area contributed by atoms with E-state index >= 15 is 0 Å². The number of rotatable bonds is 34. The molecule has 0 saturated carbocycles. The third-order valence-electron chi connectivity index (χ3n) is 9.05. The van der Waals surface area contributed by atoms with Crippen molar-refractivity contribution in [2.45, 2.75) is 213 Å². The molecule has 0 aromatic carbocycles. The second-order valence-corrected chi connectivity index (χ2v) is 13.6. The van der Waals surface area contributed by atoms with E-state index in [4.69, 9.17) is 22.0 Å². The maximum atomic E-state index is 12.1. The van der Waals surface area contributed by atoms with Gasteiger partial charge in [0.05, 0.1) is 0 Å². The fraction of sp³-hybridized carbons (Fsp3) is 0.875. The van der Waals surface area contributed by atoms with Crippen LogP contribution in [0.1, 0.15) is 206 Å². The quantitative estimate of drug-likeness (QED) is 0.0178. The van der Waals surface area contributed by atoms with Crippen molar-refractivity contribution in [1.29, 1.82) is 5.41 Å². The van der Waals surface area contributed by atoms with Crippen LogP contribution in [-0.2, 0) is 9.59 Å². The van der Waals surface area contributed by atoms with Gasteiger partial charge in [0.1, 0.15) is 0 Å². The van der Waals surface area contributed by atoms with Gasteiger partial charge in [-0.25, -0.2) is 4.79 Å². The Morgan fingerprint density at radius 3 is 1.23 bits per heavy atom. The maximum absolute atomic E-state index is 12.1. The molecule has 1 unspecified atom stereocenters. The molecule has 0 aliphatic carbocycles. The van der Waals surface area contributed by atoms with Crippen LogP contribution in [0.5, 0.6) is 0 Å². The third kappa shape index (κ3) is 35.2. The Balaban J connectivity index is 0. The maximum Gasteiger partial charge on any atom is 0.334 e. The highest BCUT2D eigenvalue weighted by atomic mass is 16.4. The van der Waals surface area contributed by atoms with E-state index in [-0.39, 0.29) is 12.2 Å². The second kappa shape index (κ2) is 38.6. The van der Waals surface area contributed by atoms with Crippen LogP contribution in [0.4, 0.5) is 0 Å². The van der Waals surface area contributed by atoms with E-state index in [1.54, 1.807) is 0 Å². The Morgan fingerprint density at radius 2 is 0.915 bits per heavy atom. The van der Waals surface area contributed by atoms with Gasteiger partial charge in [0.2, 0.25) is 0 Å². The smallest absolute Gasteiger partial charge is 0.334 e. The molecule has 0 amide bonds. The van der Waals surface area contributed by atoms with Crippen LogP contribution < -0.4 is 11.5 Å². The zero-order valence-electron chi connectivity index (χ0n) is 31.5. The number of carbonyl (C=O) groups is 2. The number of carboxylic acid groups (broad SMARTS) is 1. The molecule has 0 spiro atoms. The number of carbonyl (C=O) groups excluding carboxylic acids is 1. The van der Waals surface area contributed by atoms with E-state index < -0.39 is 18.0 Å². The largest absolute Gasteiger partial charge is 0.479 e. The summed E-state index contributed by atoms with van der Waals surface area (Å²) in [5, 5.41) is 16.5. The molecule has 0 saturated heterocycles. The number of carboxylic acids is 1. The summed E-state index contributed by atoms with van der Waals surface area (Å²) in [6.45, 7) is 5.41. The predicted molar refractivity (Wildman–Crippen MR) is 204 cm³/mol. The molecule has 278 valence electrons. The average molecular weight is 665 g/mol. The Kier molecular flexibility index (Phi) is 38.7. The van der Waals surface area contributed by atoms with Gasteiger partial charge in [0.25, 0.3) is 0 Å². The monoisotopic (exact) mass is 665 g/mol. The van der Waals surface area contributed by atoms with Crippen LogP contribution >= 0.6 is 0 Å². The lowest BCUT2D eigenvalue weighted by Crippen LogP contribution is -2.50. The van der Waals surface area contributed by atoms with Gasteiger partial charge < -0.3 is 21.5 Å². The SMILES string of the molecule is CCCCCCCC/C=C\CCCCCCCC(=O)C(C(=O)O)N(C)C(=N)N.CCCCCCCCCCCCCCCCCCN. The Morgan fingerprint density at radius 1 is 0.596 bits per heavy atom. The van der Waals surface area contributed by atoms with Gasteiger partial charge in [-0.05, 0) is 45.1 Å². The van der Waals surface area contributed by atoms with Crippen LogP contribution in [0, 0.1) is 5.41 Å². The van der Waals surface area contributed by atoms with Crippen molar-refractivity contribution in [2.24, 2.45) is 11.5 Å². The minimum Gasteiger partial charge on any atom is -0.479 e. The van der Waals surface area contributed by atoms with E-state index in [1.165, 1.54) is 155 Å². The van der Waals surface area contributed by atoms with Crippen molar-refractivity contribution < 1.29 is 14.7 Å². The number of nitrogens with two attached hydrogens (primary N) is 2. The van der Waals surface area contributed by atoms with Crippen LogP contribution in [-0.4, -0.2) is 47.4 Å². The van der Waals surface area contributed by atoms with E-state index in [1.807, 2.05) is 0 Å². The molecule has 0 fully saturated rings. The normalized spacial score (nSPS) is 11.7. The minimum absolute atomic E-state index is 0.215. The van der Waals surface area contributed by atoms with Gasteiger partial charge >= 0.3 is 5.97 Å². The first-order chi connectivity index (χ1) is 22.8. The summed E-state index contributed by atoms with van der Waals surface area (Å²) in [5.74, 6) is -2.05. The Bertz CT molecular complexity index is 712. The van der Waals surface area contributed by atoms with E-state index in [0.717, 1.165) is 43.5 Å². The Hall–Kier alpha value is -1.89. The number of likely N-dealkylation sites (N-methyl/N-ethyl adjacent to an activating group) is 1. The highest BCUT2D eigenvalue weighted by Crippen LogP contribution is 2.14. The number of hydrogen-bond donors (Lipinski definition) is 4. The molecule has 0 aliphatic rings. The number of nitrogens with zero attached hydrogens (tertiary/aromatic N) is 1. The molecule has 6 N–H and O–H groups in total. The lowest BCUT2D eigenvalue weighted by molar-refractivity contribution is -0.146. The van der Waals surface area contributed by atoms with Crippen molar-refractivity contribution in [3.63, 3.8) is 0 Å². The van der Waals surface area contributed by atoms with Crippen LogP contribution in [0.2, 0.25) is 0 Å². The summed E-state index contributed by atoms with van der Waals surface area (Å²) in [6, 6.07) is -1.35. The van der Waals surface area contributed by atoms with E-state index in [2.05, 4.69) is 26.0 Å². The number of hydrogen-bond acceptors (Lipinski definition) is 4. The molecule has 0 aliphatic heterocycles. The van der Waals surface area contributed by atoms with Crippen LogP contribution in [0.3, 0.4) is 0 Å². The molecule has 0 aromatic rings. The number of aliphatic carboxylic acids is 1. The first-order valence-corrected chi connectivity index (χ1v) is 20.0. The lowest BCUT2D eigenvalue weighted by Gasteiger charge is -2.23. The first kappa shape index (κ1) is 47.2. The number of Topliss-reactive ketones (excluding diaryl/α,β-unsaturated/α-hetero) is 1. The summed E-state index contributed by atoms with van der Waals surface area (Å²) < 4.78 is 0. The molecule has 0 rings (SSSR count). The first-order valence-electron chi connectivity index (χ1n) is 20.0. The number of unbranched alkanes of at least 4 members (excludes halogenated alkanes) is 26. The molecule has 0 radical (unpaired) electrons. The zero-order valence-corrected chi connectivity index (χ0v) is 31.5. The number of allylic oxidation sites excluding steroid dienone is 2. The van der Waals surface area contributed by atoms with Crippen molar-refractivity contribution >= 4 is 17.7 Å². The summed E-state index contributed by atoms with van der Waals surface area (Å²) in [6.07, 6.45) is 42.9. The molecule has 0 bridgehead atoms. The van der Waals surface area contributed by atoms with Gasteiger partial charge in [-0.3, -0.25) is 10.2 Å². The molecular formula is C40H80N4O3. The topological polar surface area (TPSA) is 134 Å². The molecule has 7 nitrogen and oxygen atoms in total. The van der Waals surface area contributed by atoms with Gasteiger partial charge in [0.15, 0.2) is 17.8 Å². The summed E-state index contributed by atoms with van der Waals surface area (Å²) >= 11 is 0. The van der Waals surface area contributed by atoms with Crippen molar-refractivity contribution in [3.8, 4) is 0 Å². The van der Waals surface area contributed by atoms with Gasteiger partial charge in [-0.2, -0.15) is 0 Å². The summed E-state index contributed by atoms with van der Waals surface area (Å²) in [7, 11) is 1.36. The molecular weight excluding hydrogens is 584 g/mol. The molecule has 7 heteroatoms. The van der Waals surface area contributed by atoms with E-state index in [9.17, 15) is 9.59 Å². The average Bonchev–Trinajstić information content (AvgIpc) is 3.05.